The number of hydrogen-bond acceptors (Lipinski definition) is 4. The van der Waals surface area contributed by atoms with Crippen molar-refractivity contribution in [2.45, 2.75) is 12.5 Å². The smallest absolute Gasteiger partial charge is 0.202 e. The standard InChI is InChI=1S/C11H15N5/c1-15-6-4-8(7-15)16-10-9(14-11(16)12)3-2-5-13-10/h2-3,5,8H,4,6-7H2,1H3,(H2,12,14). The van der Waals surface area contributed by atoms with Gasteiger partial charge in [0.1, 0.15) is 5.52 Å². The molecule has 0 saturated carbocycles. The van der Waals surface area contributed by atoms with Gasteiger partial charge in [0, 0.05) is 12.7 Å². The third-order valence-corrected chi connectivity index (χ3v) is 3.21. The van der Waals surface area contributed by atoms with Crippen molar-refractivity contribution in [1.29, 1.82) is 0 Å². The molecule has 2 aromatic rings. The van der Waals surface area contributed by atoms with E-state index in [0.717, 1.165) is 30.7 Å². The molecule has 2 N–H and O–H groups in total. The molecule has 5 nitrogen and oxygen atoms in total. The van der Waals surface area contributed by atoms with E-state index < -0.39 is 0 Å². The van der Waals surface area contributed by atoms with Gasteiger partial charge in [-0.2, -0.15) is 0 Å². The molecule has 1 fully saturated rings. The van der Waals surface area contributed by atoms with Crippen LogP contribution < -0.4 is 5.73 Å². The molecule has 1 aliphatic rings. The van der Waals surface area contributed by atoms with E-state index in [0.29, 0.717) is 12.0 Å². The number of rotatable bonds is 1. The van der Waals surface area contributed by atoms with E-state index in [2.05, 4.69) is 26.5 Å². The third kappa shape index (κ3) is 1.36. The van der Waals surface area contributed by atoms with Crippen LogP contribution in [0.15, 0.2) is 18.3 Å². The topological polar surface area (TPSA) is 60.0 Å². The molecule has 0 spiro atoms. The molecule has 3 heterocycles. The Kier molecular flexibility index (Phi) is 2.07. The zero-order valence-corrected chi connectivity index (χ0v) is 9.30. The lowest BCUT2D eigenvalue weighted by Gasteiger charge is -2.14. The summed E-state index contributed by atoms with van der Waals surface area (Å²) in [5.74, 6) is 0.578. The molecule has 0 aromatic carbocycles. The molecule has 0 bridgehead atoms. The predicted octanol–water partition coefficient (Wildman–Crippen LogP) is 0.890. The molecule has 1 aliphatic heterocycles. The number of anilines is 1. The number of hydrogen-bond donors (Lipinski definition) is 1. The van der Waals surface area contributed by atoms with Gasteiger partial charge in [-0.05, 0) is 32.1 Å². The normalized spacial score (nSPS) is 21.9. The Morgan fingerprint density at radius 3 is 3.12 bits per heavy atom. The van der Waals surface area contributed by atoms with Crippen LogP contribution >= 0.6 is 0 Å². The number of nitrogens with two attached hydrogens (primary N) is 1. The lowest BCUT2D eigenvalue weighted by Crippen LogP contribution is -2.17. The SMILES string of the molecule is CN1CCC(n2c(N)nc3cccnc32)C1. The number of nitrogens with zero attached hydrogens (tertiary/aromatic N) is 4. The Morgan fingerprint density at radius 2 is 2.38 bits per heavy atom. The van der Waals surface area contributed by atoms with Gasteiger partial charge in [-0.15, -0.1) is 0 Å². The average molecular weight is 217 g/mol. The van der Waals surface area contributed by atoms with Crippen LogP contribution in [0.4, 0.5) is 5.95 Å². The summed E-state index contributed by atoms with van der Waals surface area (Å²) >= 11 is 0. The molecule has 0 amide bonds. The van der Waals surface area contributed by atoms with Gasteiger partial charge in [0.05, 0.1) is 6.04 Å². The van der Waals surface area contributed by atoms with Gasteiger partial charge in [0.25, 0.3) is 0 Å². The highest BCUT2D eigenvalue weighted by Gasteiger charge is 2.24. The number of nitrogen functional groups attached to an aromatic ring is 1. The van der Waals surface area contributed by atoms with E-state index in [1.54, 1.807) is 6.20 Å². The first kappa shape index (κ1) is 9.59. The lowest BCUT2D eigenvalue weighted by atomic mass is 10.2. The summed E-state index contributed by atoms with van der Waals surface area (Å²) in [7, 11) is 2.13. The second-order valence-electron chi connectivity index (χ2n) is 4.39. The minimum Gasteiger partial charge on any atom is -0.369 e. The second-order valence-corrected chi connectivity index (χ2v) is 4.39. The monoisotopic (exact) mass is 217 g/mol. The maximum absolute atomic E-state index is 5.97. The molecule has 3 rings (SSSR count). The van der Waals surface area contributed by atoms with Crippen molar-refractivity contribution in [3.63, 3.8) is 0 Å². The molecule has 5 heteroatoms. The maximum Gasteiger partial charge on any atom is 0.202 e. The van der Waals surface area contributed by atoms with Crippen LogP contribution in [0.3, 0.4) is 0 Å². The van der Waals surface area contributed by atoms with Crippen molar-refractivity contribution >= 4 is 17.1 Å². The van der Waals surface area contributed by atoms with Gasteiger partial charge in [-0.25, -0.2) is 9.97 Å². The number of pyridine rings is 1. The van der Waals surface area contributed by atoms with Gasteiger partial charge in [-0.3, -0.25) is 4.57 Å². The van der Waals surface area contributed by atoms with Gasteiger partial charge in [0.15, 0.2) is 5.65 Å². The molecule has 16 heavy (non-hydrogen) atoms. The fraction of sp³-hybridized carbons (Fsp3) is 0.455. The summed E-state index contributed by atoms with van der Waals surface area (Å²) in [6.07, 6.45) is 2.90. The number of fused-ring (bicyclic) bond motifs is 1. The van der Waals surface area contributed by atoms with Gasteiger partial charge in [-0.1, -0.05) is 0 Å². The van der Waals surface area contributed by atoms with Crippen LogP contribution in [-0.4, -0.2) is 39.6 Å². The quantitative estimate of drug-likeness (QED) is 0.770. The first-order valence-corrected chi connectivity index (χ1v) is 5.52. The number of likely N-dealkylation sites (tertiary alicyclic amines) is 1. The summed E-state index contributed by atoms with van der Waals surface area (Å²) in [5, 5.41) is 0. The van der Waals surface area contributed by atoms with Gasteiger partial charge < -0.3 is 10.6 Å². The lowest BCUT2D eigenvalue weighted by molar-refractivity contribution is 0.395. The first-order chi connectivity index (χ1) is 7.75. The molecule has 1 saturated heterocycles. The maximum atomic E-state index is 5.97. The number of likely N-dealkylation sites (N-methyl/N-ethyl adjacent to an activating group) is 1. The van der Waals surface area contributed by atoms with Crippen LogP contribution in [-0.2, 0) is 0 Å². The van der Waals surface area contributed by atoms with Crippen molar-refractivity contribution in [2.75, 3.05) is 25.9 Å². The number of aromatic nitrogens is 3. The molecule has 0 aliphatic carbocycles. The van der Waals surface area contributed by atoms with E-state index in [1.807, 2.05) is 12.1 Å². The zero-order chi connectivity index (χ0) is 11.1. The molecule has 1 unspecified atom stereocenters. The summed E-state index contributed by atoms with van der Waals surface area (Å²) in [6, 6.07) is 4.25. The van der Waals surface area contributed by atoms with Gasteiger partial charge in [0.2, 0.25) is 5.95 Å². The molecular weight excluding hydrogens is 202 g/mol. The van der Waals surface area contributed by atoms with E-state index >= 15 is 0 Å². The molecule has 84 valence electrons. The Balaban J connectivity index is 2.12. The van der Waals surface area contributed by atoms with Gasteiger partial charge >= 0.3 is 0 Å². The Labute approximate surface area is 93.9 Å². The fourth-order valence-electron chi connectivity index (χ4n) is 2.43. The highest BCUT2D eigenvalue weighted by atomic mass is 15.3. The Hall–Kier alpha value is -1.62. The second kappa shape index (κ2) is 3.45. The van der Waals surface area contributed by atoms with E-state index in [4.69, 9.17) is 5.73 Å². The van der Waals surface area contributed by atoms with Crippen molar-refractivity contribution in [3.8, 4) is 0 Å². The minimum absolute atomic E-state index is 0.407. The predicted molar refractivity (Wildman–Crippen MR) is 63.1 cm³/mol. The van der Waals surface area contributed by atoms with Crippen molar-refractivity contribution in [2.24, 2.45) is 0 Å². The highest BCUT2D eigenvalue weighted by molar-refractivity contribution is 5.74. The first-order valence-electron chi connectivity index (χ1n) is 5.52. The Morgan fingerprint density at radius 1 is 1.50 bits per heavy atom. The molecular formula is C11H15N5. The van der Waals surface area contributed by atoms with E-state index in [-0.39, 0.29) is 0 Å². The third-order valence-electron chi connectivity index (χ3n) is 3.21. The van der Waals surface area contributed by atoms with E-state index in [1.165, 1.54) is 0 Å². The van der Waals surface area contributed by atoms with Crippen LogP contribution in [0.25, 0.3) is 11.2 Å². The van der Waals surface area contributed by atoms with Crippen molar-refractivity contribution in [3.05, 3.63) is 18.3 Å². The summed E-state index contributed by atoms with van der Waals surface area (Å²) in [4.78, 5) is 11.0. The molecule has 2 aromatic heterocycles. The Bertz CT molecular complexity index is 518. The largest absolute Gasteiger partial charge is 0.369 e. The zero-order valence-electron chi connectivity index (χ0n) is 9.30. The number of imidazole rings is 1. The minimum atomic E-state index is 0.407. The van der Waals surface area contributed by atoms with Crippen molar-refractivity contribution < 1.29 is 0 Å². The van der Waals surface area contributed by atoms with Crippen LogP contribution in [0.1, 0.15) is 12.5 Å². The molecule has 0 radical (unpaired) electrons. The summed E-state index contributed by atoms with van der Waals surface area (Å²) in [5.41, 5.74) is 7.76. The van der Waals surface area contributed by atoms with E-state index in [9.17, 15) is 0 Å². The van der Waals surface area contributed by atoms with Crippen LogP contribution in [0, 0.1) is 0 Å². The van der Waals surface area contributed by atoms with Crippen LogP contribution in [0.5, 0.6) is 0 Å². The summed E-state index contributed by atoms with van der Waals surface area (Å²) < 4.78 is 2.07. The fourth-order valence-corrected chi connectivity index (χ4v) is 2.43. The molecule has 1 atom stereocenters. The highest BCUT2D eigenvalue weighted by Crippen LogP contribution is 2.27. The van der Waals surface area contributed by atoms with Crippen LogP contribution in [0.2, 0.25) is 0 Å². The van der Waals surface area contributed by atoms with Crippen molar-refractivity contribution in [1.82, 2.24) is 19.4 Å². The average Bonchev–Trinajstić information content (AvgIpc) is 2.80. The summed E-state index contributed by atoms with van der Waals surface area (Å²) in [6.45, 7) is 2.13.